The maximum atomic E-state index is 12.5. The molecular formula is C34H63O10P. The molecule has 3 atom stereocenters. The standard InChI is InChI=1S/C34H63O10P/c1-3-5-7-9-11-13-15-17-19-21-23-25-33(37)41-29-32(30-43-45(39,40)42-28-31(36)27-35)44-34(38)26-24-22-20-18-16-14-12-10-8-6-4-2/h9-12,31-32,35-36H,3-8,13-30H2,1-2H3,(H,39,40)/b11-9+,12-10+/t31-,32+/m0/s1. The average molecular weight is 663 g/mol. The molecule has 0 aromatic heterocycles. The molecule has 11 heteroatoms. The summed E-state index contributed by atoms with van der Waals surface area (Å²) < 4.78 is 32.4. The lowest BCUT2D eigenvalue weighted by molar-refractivity contribution is -0.161. The van der Waals surface area contributed by atoms with Crippen molar-refractivity contribution < 1.29 is 47.8 Å². The normalized spacial score (nSPS) is 14.5. The predicted molar refractivity (Wildman–Crippen MR) is 178 cm³/mol. The first-order valence-electron chi connectivity index (χ1n) is 17.3. The van der Waals surface area contributed by atoms with Crippen molar-refractivity contribution in [2.45, 2.75) is 154 Å². The van der Waals surface area contributed by atoms with E-state index in [-0.39, 0.29) is 19.4 Å². The summed E-state index contributed by atoms with van der Waals surface area (Å²) in [5.41, 5.74) is 0. The molecule has 264 valence electrons. The fourth-order valence-corrected chi connectivity index (χ4v) is 5.10. The Morgan fingerprint density at radius 3 is 1.60 bits per heavy atom. The third-order valence-corrected chi connectivity index (χ3v) is 8.03. The highest BCUT2D eigenvalue weighted by Crippen LogP contribution is 2.43. The first-order valence-corrected chi connectivity index (χ1v) is 18.8. The fraction of sp³-hybridized carbons (Fsp3) is 0.824. The maximum Gasteiger partial charge on any atom is 0.472 e. The minimum atomic E-state index is -4.61. The Morgan fingerprint density at radius 2 is 1.09 bits per heavy atom. The van der Waals surface area contributed by atoms with Gasteiger partial charge >= 0.3 is 19.8 Å². The van der Waals surface area contributed by atoms with Gasteiger partial charge in [-0.25, -0.2) is 4.57 Å². The summed E-state index contributed by atoms with van der Waals surface area (Å²) in [5.74, 6) is -0.951. The van der Waals surface area contributed by atoms with E-state index >= 15 is 0 Å². The van der Waals surface area contributed by atoms with Gasteiger partial charge in [0.25, 0.3) is 0 Å². The van der Waals surface area contributed by atoms with E-state index in [4.69, 9.17) is 19.1 Å². The molecule has 1 unspecified atom stereocenters. The second-order valence-corrected chi connectivity index (χ2v) is 13.0. The lowest BCUT2D eigenvalue weighted by Gasteiger charge is -2.20. The van der Waals surface area contributed by atoms with Gasteiger partial charge < -0.3 is 24.6 Å². The van der Waals surface area contributed by atoms with Crippen LogP contribution in [0.25, 0.3) is 0 Å². The van der Waals surface area contributed by atoms with E-state index in [2.05, 4.69) is 42.7 Å². The quantitative estimate of drug-likeness (QED) is 0.0281. The number of esters is 2. The molecule has 0 spiro atoms. The smallest absolute Gasteiger partial charge is 0.462 e. The minimum Gasteiger partial charge on any atom is -0.462 e. The zero-order valence-electron chi connectivity index (χ0n) is 28.1. The molecule has 45 heavy (non-hydrogen) atoms. The van der Waals surface area contributed by atoms with Crippen LogP contribution in [0.2, 0.25) is 0 Å². The second kappa shape index (κ2) is 31.1. The van der Waals surface area contributed by atoms with E-state index < -0.39 is 51.8 Å². The van der Waals surface area contributed by atoms with Gasteiger partial charge in [0.2, 0.25) is 0 Å². The van der Waals surface area contributed by atoms with E-state index in [9.17, 15) is 24.2 Å². The first kappa shape index (κ1) is 43.5. The summed E-state index contributed by atoms with van der Waals surface area (Å²) in [6, 6.07) is 0. The van der Waals surface area contributed by atoms with Crippen LogP contribution in [0, 0.1) is 0 Å². The van der Waals surface area contributed by atoms with Gasteiger partial charge in [0.1, 0.15) is 12.7 Å². The van der Waals surface area contributed by atoms with E-state index in [1.807, 2.05) is 0 Å². The largest absolute Gasteiger partial charge is 0.472 e. The molecule has 0 aliphatic carbocycles. The van der Waals surface area contributed by atoms with Crippen LogP contribution in [0.5, 0.6) is 0 Å². The van der Waals surface area contributed by atoms with Gasteiger partial charge in [0.15, 0.2) is 6.10 Å². The number of phosphoric ester groups is 1. The zero-order chi connectivity index (χ0) is 33.4. The molecule has 3 N–H and O–H groups in total. The highest BCUT2D eigenvalue weighted by Gasteiger charge is 2.27. The van der Waals surface area contributed by atoms with Gasteiger partial charge in [-0.1, -0.05) is 102 Å². The van der Waals surface area contributed by atoms with Crippen molar-refractivity contribution in [2.75, 3.05) is 26.4 Å². The van der Waals surface area contributed by atoms with Crippen LogP contribution in [0.3, 0.4) is 0 Å². The fourth-order valence-electron chi connectivity index (χ4n) is 4.31. The molecule has 0 amide bonds. The third kappa shape index (κ3) is 30.8. The third-order valence-electron chi connectivity index (χ3n) is 7.08. The van der Waals surface area contributed by atoms with E-state index in [1.54, 1.807) is 0 Å². The van der Waals surface area contributed by atoms with Crippen LogP contribution in [0.4, 0.5) is 0 Å². The molecule has 10 nitrogen and oxygen atoms in total. The molecule has 0 rings (SSSR count). The lowest BCUT2D eigenvalue weighted by atomic mass is 10.1. The molecule has 0 saturated carbocycles. The van der Waals surface area contributed by atoms with Gasteiger partial charge in [0, 0.05) is 12.8 Å². The average Bonchev–Trinajstić information content (AvgIpc) is 3.02. The number of aliphatic hydroxyl groups is 2. The lowest BCUT2D eigenvalue weighted by Crippen LogP contribution is -2.29. The first-order chi connectivity index (χ1) is 21.7. The van der Waals surface area contributed by atoms with Crippen molar-refractivity contribution in [3.63, 3.8) is 0 Å². The Morgan fingerprint density at radius 1 is 0.644 bits per heavy atom. The predicted octanol–water partition coefficient (Wildman–Crippen LogP) is 7.88. The summed E-state index contributed by atoms with van der Waals surface area (Å²) >= 11 is 0. The topological polar surface area (TPSA) is 149 Å². The van der Waals surface area contributed by atoms with Crippen LogP contribution in [0.15, 0.2) is 24.3 Å². The summed E-state index contributed by atoms with van der Waals surface area (Å²) in [4.78, 5) is 34.6. The molecule has 0 heterocycles. The molecule has 0 aromatic carbocycles. The van der Waals surface area contributed by atoms with Crippen molar-refractivity contribution in [1.29, 1.82) is 0 Å². The number of hydrogen-bond donors (Lipinski definition) is 3. The van der Waals surface area contributed by atoms with Crippen LogP contribution in [-0.4, -0.2) is 65.7 Å². The number of rotatable bonds is 32. The molecular weight excluding hydrogens is 599 g/mol. The highest BCUT2D eigenvalue weighted by atomic mass is 31.2. The van der Waals surface area contributed by atoms with Gasteiger partial charge in [0.05, 0.1) is 19.8 Å². The Labute approximate surface area is 272 Å². The van der Waals surface area contributed by atoms with Crippen molar-refractivity contribution in [3.05, 3.63) is 24.3 Å². The monoisotopic (exact) mass is 662 g/mol. The number of carbonyl (C=O) groups is 2. The van der Waals surface area contributed by atoms with Crippen LogP contribution >= 0.6 is 7.82 Å². The van der Waals surface area contributed by atoms with Crippen molar-refractivity contribution >= 4 is 19.8 Å². The van der Waals surface area contributed by atoms with Gasteiger partial charge in [-0.3, -0.25) is 18.6 Å². The Kier molecular flexibility index (Phi) is 30.0. The summed E-state index contributed by atoms with van der Waals surface area (Å²) in [6.07, 6.45) is 25.9. The minimum absolute atomic E-state index is 0.172. The number of allylic oxidation sites excluding steroid dienone is 4. The van der Waals surface area contributed by atoms with Gasteiger partial charge in [-0.2, -0.15) is 0 Å². The van der Waals surface area contributed by atoms with Crippen molar-refractivity contribution in [1.82, 2.24) is 0 Å². The Bertz CT molecular complexity index is 817. The summed E-state index contributed by atoms with van der Waals surface area (Å²) in [5, 5.41) is 18.2. The molecule has 0 aliphatic rings. The molecule has 0 fully saturated rings. The molecule has 0 aliphatic heterocycles. The van der Waals surface area contributed by atoms with Gasteiger partial charge in [-0.05, 0) is 51.4 Å². The number of aliphatic hydroxyl groups excluding tert-OH is 2. The van der Waals surface area contributed by atoms with E-state index in [0.717, 1.165) is 77.0 Å². The van der Waals surface area contributed by atoms with E-state index in [1.165, 1.54) is 25.7 Å². The highest BCUT2D eigenvalue weighted by molar-refractivity contribution is 7.47. The number of carbonyl (C=O) groups excluding carboxylic acids is 2. The molecule has 0 bridgehead atoms. The molecule has 0 radical (unpaired) electrons. The van der Waals surface area contributed by atoms with E-state index in [0.29, 0.717) is 12.8 Å². The van der Waals surface area contributed by atoms with Gasteiger partial charge in [-0.15, -0.1) is 0 Å². The molecule has 0 saturated heterocycles. The SMILES string of the molecule is CCCC/C=C/CCCCCCCC(=O)OC[C@H](COP(=O)(O)OC[C@@H](O)CO)OC(=O)CCCCCCC/C=C/CCCC. The summed E-state index contributed by atoms with van der Waals surface area (Å²) in [7, 11) is -4.61. The Hall–Kier alpha value is -1.55. The van der Waals surface area contributed by atoms with Crippen LogP contribution in [-0.2, 0) is 32.7 Å². The van der Waals surface area contributed by atoms with Crippen LogP contribution in [0.1, 0.15) is 142 Å². The van der Waals surface area contributed by atoms with Crippen molar-refractivity contribution in [3.8, 4) is 0 Å². The molecule has 0 aromatic rings. The number of phosphoric acid groups is 1. The Balaban J connectivity index is 4.46. The summed E-state index contributed by atoms with van der Waals surface area (Å²) in [6.45, 7) is 2.24. The maximum absolute atomic E-state index is 12.5. The van der Waals surface area contributed by atoms with Crippen molar-refractivity contribution in [2.24, 2.45) is 0 Å². The second-order valence-electron chi connectivity index (χ2n) is 11.5. The zero-order valence-corrected chi connectivity index (χ0v) is 29.0. The van der Waals surface area contributed by atoms with Crippen LogP contribution < -0.4 is 0 Å². The number of ether oxygens (including phenoxy) is 2. The number of hydrogen-bond acceptors (Lipinski definition) is 9. The number of unbranched alkanes of at least 4 members (excludes halogenated alkanes) is 14.